The van der Waals surface area contributed by atoms with Gasteiger partial charge in [-0.1, -0.05) is 49.7 Å². The highest BCUT2D eigenvalue weighted by Gasteiger charge is 2.42. The monoisotopic (exact) mass is 461 g/mol. The number of Topliss-reactive ketones (excluding diaryl/α,β-unsaturated/α-hetero) is 1. The fourth-order valence-electron chi connectivity index (χ4n) is 5.08. The van der Waals surface area contributed by atoms with Crippen LogP contribution < -0.4 is 5.32 Å². The summed E-state index contributed by atoms with van der Waals surface area (Å²) in [6.45, 7) is 2.33. The van der Waals surface area contributed by atoms with E-state index in [9.17, 15) is 14.7 Å². The Balaban J connectivity index is 1.78. The zero-order chi connectivity index (χ0) is 24.2. The van der Waals surface area contributed by atoms with E-state index in [0.717, 1.165) is 24.1 Å². The number of aryl methyl sites for hydroxylation is 1. The molecule has 6 nitrogen and oxygen atoms in total. The Kier molecular flexibility index (Phi) is 7.17. The van der Waals surface area contributed by atoms with Crippen molar-refractivity contribution in [3.8, 4) is 5.75 Å². The van der Waals surface area contributed by atoms with Crippen molar-refractivity contribution in [2.75, 3.05) is 20.8 Å². The summed E-state index contributed by atoms with van der Waals surface area (Å²) in [5.41, 5.74) is 5.36. The van der Waals surface area contributed by atoms with Crippen LogP contribution in [0.5, 0.6) is 5.75 Å². The number of methoxy groups -OCH3 is 2. The molecule has 6 heteroatoms. The van der Waals surface area contributed by atoms with E-state index in [4.69, 9.17) is 9.47 Å². The fraction of sp³-hybridized carbons (Fsp3) is 0.357. The largest absolute Gasteiger partial charge is 0.508 e. The van der Waals surface area contributed by atoms with Crippen molar-refractivity contribution < 1.29 is 24.2 Å². The van der Waals surface area contributed by atoms with E-state index in [1.807, 2.05) is 6.07 Å². The van der Waals surface area contributed by atoms with Crippen LogP contribution in [0.1, 0.15) is 54.7 Å². The highest BCUT2D eigenvalue weighted by molar-refractivity contribution is 6.04. The standard InChI is InChI=1S/C28H31NO5/c1-4-6-17-9-11-18(12-10-17)20-14-22-26(24(31)15-20)25(19-7-5-8-21(30)13-19)27(28(32)34-3)23(29-22)16-33-2/h5,7-13,20,25,29-30H,4,6,14-16H2,1-3H3. The minimum atomic E-state index is -0.638. The molecule has 1 aliphatic carbocycles. The van der Waals surface area contributed by atoms with Crippen molar-refractivity contribution in [1.82, 2.24) is 5.32 Å². The Labute approximate surface area is 200 Å². The van der Waals surface area contributed by atoms with Crippen LogP contribution in [-0.2, 0) is 25.5 Å². The maximum Gasteiger partial charge on any atom is 0.336 e. The molecule has 4 rings (SSSR count). The minimum absolute atomic E-state index is 0.0115. The number of ketones is 1. The first kappa shape index (κ1) is 23.8. The van der Waals surface area contributed by atoms with Gasteiger partial charge in [-0.15, -0.1) is 0 Å². The molecule has 2 aromatic carbocycles. The number of aromatic hydroxyl groups is 1. The van der Waals surface area contributed by atoms with E-state index in [0.29, 0.717) is 35.2 Å². The molecule has 0 aromatic heterocycles. The highest BCUT2D eigenvalue weighted by Crippen LogP contribution is 2.46. The lowest BCUT2D eigenvalue weighted by atomic mass is 9.71. The summed E-state index contributed by atoms with van der Waals surface area (Å²) < 4.78 is 10.5. The van der Waals surface area contributed by atoms with Gasteiger partial charge < -0.3 is 19.9 Å². The lowest BCUT2D eigenvalue weighted by molar-refractivity contribution is -0.136. The quantitative estimate of drug-likeness (QED) is 0.591. The molecule has 0 spiro atoms. The maximum absolute atomic E-state index is 13.6. The SMILES string of the molecule is CCCc1ccc(C2CC(=O)C3=C(C2)NC(COC)=C(C(=O)OC)C3c2cccc(O)c2)cc1. The third kappa shape index (κ3) is 4.64. The number of hydrogen-bond donors (Lipinski definition) is 2. The molecule has 1 aliphatic heterocycles. The molecule has 2 aromatic rings. The van der Waals surface area contributed by atoms with Crippen molar-refractivity contribution >= 4 is 11.8 Å². The van der Waals surface area contributed by atoms with Gasteiger partial charge in [-0.05, 0) is 47.6 Å². The Morgan fingerprint density at radius 1 is 1.09 bits per heavy atom. The number of rotatable bonds is 7. The smallest absolute Gasteiger partial charge is 0.336 e. The number of phenolic OH excluding ortho intramolecular Hbond substituents is 1. The molecule has 2 N–H and O–H groups in total. The molecule has 178 valence electrons. The van der Waals surface area contributed by atoms with E-state index in [1.165, 1.54) is 12.7 Å². The van der Waals surface area contributed by atoms with Gasteiger partial charge in [0.15, 0.2) is 5.78 Å². The van der Waals surface area contributed by atoms with Crippen molar-refractivity contribution in [2.24, 2.45) is 0 Å². The van der Waals surface area contributed by atoms with Crippen LogP contribution in [0.15, 0.2) is 71.1 Å². The van der Waals surface area contributed by atoms with Crippen LogP contribution in [0.25, 0.3) is 0 Å². The van der Waals surface area contributed by atoms with Gasteiger partial charge in [-0.3, -0.25) is 4.79 Å². The molecule has 0 radical (unpaired) electrons. The number of allylic oxidation sites excluding steroid dienone is 2. The van der Waals surface area contributed by atoms with Gasteiger partial charge in [0.2, 0.25) is 0 Å². The van der Waals surface area contributed by atoms with Crippen molar-refractivity contribution in [3.63, 3.8) is 0 Å². The average Bonchev–Trinajstić information content (AvgIpc) is 2.83. The van der Waals surface area contributed by atoms with Crippen LogP contribution in [0.4, 0.5) is 0 Å². The molecular formula is C28H31NO5. The number of nitrogens with one attached hydrogen (secondary N) is 1. The molecule has 0 fully saturated rings. The highest BCUT2D eigenvalue weighted by atomic mass is 16.5. The van der Waals surface area contributed by atoms with Crippen molar-refractivity contribution in [2.45, 2.75) is 44.4 Å². The minimum Gasteiger partial charge on any atom is -0.508 e. The number of phenols is 1. The molecule has 1 heterocycles. The van der Waals surface area contributed by atoms with Crippen molar-refractivity contribution in [1.29, 1.82) is 0 Å². The first-order valence-corrected chi connectivity index (χ1v) is 11.7. The zero-order valence-corrected chi connectivity index (χ0v) is 19.9. The molecule has 2 aliphatic rings. The van der Waals surface area contributed by atoms with Crippen molar-refractivity contribution in [3.05, 3.63) is 87.8 Å². The first-order valence-electron chi connectivity index (χ1n) is 11.7. The first-order chi connectivity index (χ1) is 16.5. The Morgan fingerprint density at radius 2 is 1.85 bits per heavy atom. The van der Waals surface area contributed by atoms with Gasteiger partial charge in [-0.2, -0.15) is 0 Å². The van der Waals surface area contributed by atoms with Crippen LogP contribution in [0.2, 0.25) is 0 Å². The lowest BCUT2D eigenvalue weighted by Crippen LogP contribution is -2.37. The van der Waals surface area contributed by atoms with E-state index in [1.54, 1.807) is 25.3 Å². The molecule has 2 unspecified atom stereocenters. The maximum atomic E-state index is 13.6. The molecule has 0 saturated heterocycles. The Morgan fingerprint density at radius 3 is 2.50 bits per heavy atom. The second kappa shape index (κ2) is 10.3. The predicted octanol–water partition coefficient (Wildman–Crippen LogP) is 4.51. The predicted molar refractivity (Wildman–Crippen MR) is 129 cm³/mol. The van der Waals surface area contributed by atoms with Gasteiger partial charge in [0.1, 0.15) is 5.75 Å². The number of ether oxygens (including phenoxy) is 2. The second-order valence-corrected chi connectivity index (χ2v) is 8.88. The van der Waals surface area contributed by atoms with E-state index in [2.05, 4.69) is 36.5 Å². The summed E-state index contributed by atoms with van der Waals surface area (Å²) in [6.07, 6.45) is 3.13. The van der Waals surface area contributed by atoms with Crippen LogP contribution >= 0.6 is 0 Å². The average molecular weight is 462 g/mol. The number of carbonyl (C=O) groups is 2. The normalized spacial score (nSPS) is 20.1. The Hall–Kier alpha value is -3.38. The number of carbonyl (C=O) groups excluding carboxylic acids is 2. The molecule has 0 bridgehead atoms. The number of dihydropyridines is 1. The zero-order valence-electron chi connectivity index (χ0n) is 19.9. The lowest BCUT2D eigenvalue weighted by Gasteiger charge is -2.37. The fourth-order valence-corrected chi connectivity index (χ4v) is 5.08. The molecular weight excluding hydrogens is 430 g/mol. The van der Waals surface area contributed by atoms with E-state index < -0.39 is 11.9 Å². The van der Waals surface area contributed by atoms with Gasteiger partial charge in [-0.25, -0.2) is 4.79 Å². The van der Waals surface area contributed by atoms with Gasteiger partial charge >= 0.3 is 5.97 Å². The van der Waals surface area contributed by atoms with E-state index >= 15 is 0 Å². The molecule has 2 atom stereocenters. The summed E-state index contributed by atoms with van der Waals surface area (Å²) >= 11 is 0. The third-order valence-electron chi connectivity index (χ3n) is 6.60. The van der Waals surface area contributed by atoms with Crippen LogP contribution in [0.3, 0.4) is 0 Å². The summed E-state index contributed by atoms with van der Waals surface area (Å²) in [5, 5.41) is 13.5. The summed E-state index contributed by atoms with van der Waals surface area (Å²) in [7, 11) is 2.88. The van der Waals surface area contributed by atoms with Crippen LogP contribution in [0, 0.1) is 0 Å². The van der Waals surface area contributed by atoms with Gasteiger partial charge in [0.25, 0.3) is 0 Å². The Bertz CT molecular complexity index is 1150. The van der Waals surface area contributed by atoms with Crippen LogP contribution in [-0.4, -0.2) is 37.7 Å². The number of hydrogen-bond acceptors (Lipinski definition) is 6. The third-order valence-corrected chi connectivity index (χ3v) is 6.60. The molecule has 34 heavy (non-hydrogen) atoms. The molecule has 0 amide bonds. The number of benzene rings is 2. The van der Waals surface area contributed by atoms with Gasteiger partial charge in [0.05, 0.1) is 25.0 Å². The summed E-state index contributed by atoms with van der Waals surface area (Å²) in [6, 6.07) is 15.2. The second-order valence-electron chi connectivity index (χ2n) is 8.88. The summed E-state index contributed by atoms with van der Waals surface area (Å²) in [4.78, 5) is 26.5. The van der Waals surface area contributed by atoms with E-state index in [-0.39, 0.29) is 24.1 Å². The summed E-state index contributed by atoms with van der Waals surface area (Å²) in [5.74, 6) is -1.06. The van der Waals surface area contributed by atoms with Gasteiger partial charge in [0, 0.05) is 30.7 Å². The topological polar surface area (TPSA) is 84.9 Å². The molecule has 0 saturated carbocycles. The number of esters is 1.